The number of anilines is 1. The zero-order valence-electron chi connectivity index (χ0n) is 14.1. The van der Waals surface area contributed by atoms with Crippen molar-refractivity contribution < 1.29 is 4.79 Å². The highest BCUT2D eigenvalue weighted by atomic mass is 16.2. The Hall–Kier alpha value is -2.96. The summed E-state index contributed by atoms with van der Waals surface area (Å²) in [6.07, 6.45) is 3.48. The first-order chi connectivity index (χ1) is 12.2. The topological polar surface area (TPSA) is 75.4 Å². The molecule has 1 fully saturated rings. The van der Waals surface area contributed by atoms with Crippen LogP contribution < -0.4 is 5.32 Å². The molecule has 1 amide bonds. The van der Waals surface area contributed by atoms with Crippen LogP contribution >= 0.6 is 0 Å². The average Bonchev–Trinajstić information content (AvgIpc) is 3.10. The van der Waals surface area contributed by atoms with Gasteiger partial charge in [-0.25, -0.2) is 4.98 Å². The number of rotatable bonds is 3. The van der Waals surface area contributed by atoms with Gasteiger partial charge in [0.05, 0.1) is 0 Å². The lowest BCUT2D eigenvalue weighted by Gasteiger charge is -2.33. The van der Waals surface area contributed by atoms with Crippen LogP contribution in [0.3, 0.4) is 0 Å². The number of carbonyl (C=O) groups excluding carboxylic acids is 1. The van der Waals surface area contributed by atoms with E-state index < -0.39 is 0 Å². The van der Waals surface area contributed by atoms with Crippen molar-refractivity contribution in [1.82, 2.24) is 24.5 Å². The Morgan fingerprint density at radius 2 is 2.12 bits per heavy atom. The van der Waals surface area contributed by atoms with Gasteiger partial charge in [-0.15, -0.1) is 0 Å². The summed E-state index contributed by atoms with van der Waals surface area (Å²) in [5, 5.41) is 7.74. The van der Waals surface area contributed by atoms with Gasteiger partial charge in [-0.1, -0.05) is 18.2 Å². The van der Waals surface area contributed by atoms with Crippen LogP contribution in [0.15, 0.2) is 42.7 Å². The standard InChI is InChI=1S/C18H20N6O/c1-13-10-16(24-18(21-13)19-12-20-24)22-15-8-5-9-23(11-15)17(25)14-6-3-2-4-7-14/h2-4,6-7,10,12,15,22H,5,8-9,11H2,1H3. The smallest absolute Gasteiger partial charge is 0.254 e. The van der Waals surface area contributed by atoms with E-state index in [9.17, 15) is 4.79 Å². The van der Waals surface area contributed by atoms with E-state index in [1.54, 1.807) is 4.52 Å². The first-order valence-corrected chi connectivity index (χ1v) is 8.49. The van der Waals surface area contributed by atoms with Gasteiger partial charge in [0, 0.05) is 36.5 Å². The van der Waals surface area contributed by atoms with E-state index in [2.05, 4.69) is 20.4 Å². The molecule has 25 heavy (non-hydrogen) atoms. The van der Waals surface area contributed by atoms with Crippen LogP contribution in [0.25, 0.3) is 5.78 Å². The van der Waals surface area contributed by atoms with E-state index in [1.807, 2.05) is 48.2 Å². The highest BCUT2D eigenvalue weighted by molar-refractivity contribution is 5.94. The molecule has 2 aromatic heterocycles. The highest BCUT2D eigenvalue weighted by Gasteiger charge is 2.25. The minimum atomic E-state index is 0.0870. The fraction of sp³-hybridized carbons (Fsp3) is 0.333. The van der Waals surface area contributed by atoms with Gasteiger partial charge in [-0.2, -0.15) is 14.6 Å². The van der Waals surface area contributed by atoms with E-state index in [4.69, 9.17) is 0 Å². The Morgan fingerprint density at radius 1 is 1.28 bits per heavy atom. The van der Waals surface area contributed by atoms with Crippen LogP contribution in [0.1, 0.15) is 28.9 Å². The predicted octanol–water partition coefficient (Wildman–Crippen LogP) is 2.15. The molecule has 0 bridgehead atoms. The maximum atomic E-state index is 12.7. The van der Waals surface area contributed by atoms with Crippen molar-refractivity contribution >= 4 is 17.5 Å². The zero-order valence-corrected chi connectivity index (χ0v) is 14.1. The quantitative estimate of drug-likeness (QED) is 0.793. The van der Waals surface area contributed by atoms with E-state index in [0.29, 0.717) is 12.3 Å². The molecule has 1 saturated heterocycles. The normalized spacial score (nSPS) is 17.6. The van der Waals surface area contributed by atoms with Crippen LogP contribution in [-0.2, 0) is 0 Å². The third kappa shape index (κ3) is 3.17. The van der Waals surface area contributed by atoms with Crippen LogP contribution in [-0.4, -0.2) is 49.5 Å². The molecular formula is C18H20N6O. The van der Waals surface area contributed by atoms with Gasteiger partial charge in [-0.05, 0) is 31.9 Å². The van der Waals surface area contributed by atoms with Crippen molar-refractivity contribution in [3.05, 3.63) is 54.0 Å². The number of fused-ring (bicyclic) bond motifs is 1. The van der Waals surface area contributed by atoms with E-state index >= 15 is 0 Å². The number of likely N-dealkylation sites (tertiary alicyclic amines) is 1. The summed E-state index contributed by atoms with van der Waals surface area (Å²) in [7, 11) is 0. The Kier molecular flexibility index (Phi) is 4.05. The van der Waals surface area contributed by atoms with Crippen molar-refractivity contribution in [2.75, 3.05) is 18.4 Å². The number of amides is 1. The SMILES string of the molecule is Cc1cc(NC2CCCN(C(=O)c3ccccc3)C2)n2ncnc2n1. The second kappa shape index (κ2) is 6.51. The van der Waals surface area contributed by atoms with Crippen LogP contribution in [0.2, 0.25) is 0 Å². The molecule has 0 radical (unpaired) electrons. The summed E-state index contributed by atoms with van der Waals surface area (Å²) in [6.45, 7) is 3.40. The third-order valence-corrected chi connectivity index (χ3v) is 4.46. The summed E-state index contributed by atoms with van der Waals surface area (Å²) in [4.78, 5) is 23.1. The fourth-order valence-electron chi connectivity index (χ4n) is 3.29. The minimum absolute atomic E-state index is 0.0870. The third-order valence-electron chi connectivity index (χ3n) is 4.46. The largest absolute Gasteiger partial charge is 0.365 e. The number of aromatic nitrogens is 4. The van der Waals surface area contributed by atoms with Crippen LogP contribution in [0, 0.1) is 6.92 Å². The molecule has 0 saturated carbocycles. The fourth-order valence-corrected chi connectivity index (χ4v) is 3.29. The molecule has 128 valence electrons. The Bertz CT molecular complexity index is 891. The van der Waals surface area contributed by atoms with E-state index in [-0.39, 0.29) is 11.9 Å². The van der Waals surface area contributed by atoms with Gasteiger partial charge in [0.15, 0.2) is 0 Å². The molecule has 1 N–H and O–H groups in total. The number of aryl methyl sites for hydroxylation is 1. The maximum Gasteiger partial charge on any atom is 0.254 e. The predicted molar refractivity (Wildman–Crippen MR) is 94.5 cm³/mol. The van der Waals surface area contributed by atoms with Gasteiger partial charge < -0.3 is 10.2 Å². The molecule has 1 atom stereocenters. The summed E-state index contributed by atoms with van der Waals surface area (Å²) in [5.41, 5.74) is 1.62. The molecule has 3 heterocycles. The van der Waals surface area contributed by atoms with Crippen molar-refractivity contribution in [2.24, 2.45) is 0 Å². The van der Waals surface area contributed by atoms with E-state index in [1.165, 1.54) is 6.33 Å². The van der Waals surface area contributed by atoms with Crippen LogP contribution in [0.5, 0.6) is 0 Å². The molecule has 0 aliphatic carbocycles. The first-order valence-electron chi connectivity index (χ1n) is 8.49. The van der Waals surface area contributed by atoms with Gasteiger partial charge in [0.2, 0.25) is 0 Å². The summed E-state index contributed by atoms with van der Waals surface area (Å²) < 4.78 is 1.70. The second-order valence-corrected chi connectivity index (χ2v) is 6.36. The Labute approximate surface area is 145 Å². The second-order valence-electron chi connectivity index (χ2n) is 6.36. The summed E-state index contributed by atoms with van der Waals surface area (Å²) >= 11 is 0. The Morgan fingerprint density at radius 3 is 2.96 bits per heavy atom. The van der Waals surface area contributed by atoms with Gasteiger partial charge in [0.1, 0.15) is 12.1 Å². The number of hydrogen-bond donors (Lipinski definition) is 1. The molecule has 1 aliphatic heterocycles. The summed E-state index contributed by atoms with van der Waals surface area (Å²) in [5.74, 6) is 1.53. The number of nitrogens with zero attached hydrogens (tertiary/aromatic N) is 5. The number of hydrogen-bond acceptors (Lipinski definition) is 5. The highest BCUT2D eigenvalue weighted by Crippen LogP contribution is 2.18. The number of piperidine rings is 1. The number of nitrogens with one attached hydrogen (secondary N) is 1. The molecule has 3 aromatic rings. The van der Waals surface area contributed by atoms with Gasteiger partial charge >= 0.3 is 0 Å². The molecule has 1 aromatic carbocycles. The molecule has 4 rings (SSSR count). The Balaban J connectivity index is 1.51. The van der Waals surface area contributed by atoms with Crippen molar-refractivity contribution in [2.45, 2.75) is 25.8 Å². The number of carbonyl (C=O) groups is 1. The molecule has 1 aliphatic rings. The first kappa shape index (κ1) is 15.6. The van der Waals surface area contributed by atoms with Crippen molar-refractivity contribution in [3.8, 4) is 0 Å². The van der Waals surface area contributed by atoms with Crippen molar-refractivity contribution in [3.63, 3.8) is 0 Å². The summed E-state index contributed by atoms with van der Waals surface area (Å²) in [6, 6.07) is 11.6. The molecular weight excluding hydrogens is 316 g/mol. The molecule has 1 unspecified atom stereocenters. The van der Waals surface area contributed by atoms with Crippen molar-refractivity contribution in [1.29, 1.82) is 0 Å². The average molecular weight is 336 g/mol. The lowest BCUT2D eigenvalue weighted by molar-refractivity contribution is 0.0714. The maximum absolute atomic E-state index is 12.7. The lowest BCUT2D eigenvalue weighted by atomic mass is 10.0. The zero-order chi connectivity index (χ0) is 17.2. The number of benzene rings is 1. The lowest BCUT2D eigenvalue weighted by Crippen LogP contribution is -2.45. The van der Waals surface area contributed by atoms with Gasteiger partial charge in [-0.3, -0.25) is 4.79 Å². The van der Waals surface area contributed by atoms with E-state index in [0.717, 1.165) is 36.5 Å². The monoisotopic (exact) mass is 336 g/mol. The molecule has 0 spiro atoms. The molecule has 7 nitrogen and oxygen atoms in total. The molecule has 7 heteroatoms. The van der Waals surface area contributed by atoms with Gasteiger partial charge in [0.25, 0.3) is 11.7 Å². The minimum Gasteiger partial charge on any atom is -0.365 e. The van der Waals surface area contributed by atoms with Crippen LogP contribution in [0.4, 0.5) is 5.82 Å².